The van der Waals surface area contributed by atoms with Crippen LogP contribution in [0.5, 0.6) is 0 Å². The van der Waals surface area contributed by atoms with Crippen LogP contribution < -0.4 is 10.3 Å². The van der Waals surface area contributed by atoms with Gasteiger partial charge in [0.05, 0.1) is 17.0 Å². The number of halogens is 1. The Hall–Kier alpha value is -3.46. The monoisotopic (exact) mass is 531 g/mol. The van der Waals surface area contributed by atoms with Crippen LogP contribution in [0.2, 0.25) is 5.02 Å². The summed E-state index contributed by atoms with van der Waals surface area (Å²) < 4.78 is 6.71. The lowest BCUT2D eigenvalue weighted by atomic mass is 9.99. The van der Waals surface area contributed by atoms with Crippen LogP contribution in [0.15, 0.2) is 86.3 Å². The molecule has 36 heavy (non-hydrogen) atoms. The topological polar surface area (TPSA) is 76.3 Å². The van der Waals surface area contributed by atoms with E-state index in [0.29, 0.717) is 21.1 Å². The maximum Gasteiger partial charge on any atom is 0.297 e. The molecule has 0 spiro atoms. The predicted molar refractivity (Wildman–Crippen MR) is 143 cm³/mol. The van der Waals surface area contributed by atoms with E-state index in [4.69, 9.17) is 16.0 Å². The fraction of sp³-hybridized carbons (Fsp3) is 0.111. The van der Waals surface area contributed by atoms with E-state index in [1.165, 1.54) is 27.4 Å². The Morgan fingerprint density at radius 1 is 1.03 bits per heavy atom. The van der Waals surface area contributed by atoms with E-state index in [9.17, 15) is 9.59 Å². The number of amides is 1. The number of fused-ring (bicyclic) bond motifs is 2. The molecule has 3 heterocycles. The molecule has 0 fully saturated rings. The number of anilines is 1. The molecular formula is C27H18ClN3O3S2. The maximum absolute atomic E-state index is 13.7. The van der Waals surface area contributed by atoms with E-state index >= 15 is 0 Å². The number of carbonyl (C=O) groups is 1. The SMILES string of the molecule is Cc1ccc(CSc2nnc(N3C(=O)c4oc5ccc(Cl)cc5c(=O)c4C3c3ccccc3)s2)cc1. The number of hydrogen-bond donors (Lipinski definition) is 0. The molecule has 0 radical (unpaired) electrons. The molecule has 9 heteroatoms. The van der Waals surface area contributed by atoms with Gasteiger partial charge in [0.1, 0.15) is 5.58 Å². The van der Waals surface area contributed by atoms with Crippen LogP contribution in [-0.2, 0) is 5.75 Å². The Balaban J connectivity index is 1.42. The Bertz CT molecular complexity index is 1670. The number of rotatable bonds is 5. The minimum Gasteiger partial charge on any atom is -0.450 e. The van der Waals surface area contributed by atoms with Crippen molar-refractivity contribution in [2.45, 2.75) is 23.1 Å². The molecule has 0 bridgehead atoms. The summed E-state index contributed by atoms with van der Waals surface area (Å²) in [4.78, 5) is 28.8. The van der Waals surface area contributed by atoms with E-state index in [1.807, 2.05) is 30.3 Å². The number of thioether (sulfide) groups is 1. The summed E-state index contributed by atoms with van der Waals surface area (Å²) in [5.74, 6) is 0.337. The lowest BCUT2D eigenvalue weighted by molar-refractivity contribution is 0.0970. The molecule has 0 saturated heterocycles. The molecule has 178 valence electrons. The Morgan fingerprint density at radius 3 is 2.58 bits per heavy atom. The molecular weight excluding hydrogens is 514 g/mol. The highest BCUT2D eigenvalue weighted by molar-refractivity contribution is 8.00. The van der Waals surface area contributed by atoms with Crippen molar-refractivity contribution in [2.75, 3.05) is 4.90 Å². The standard InChI is InChI=1S/C27H18ClN3O3S2/c1-15-7-9-16(10-8-15)14-35-27-30-29-26(36-27)31-22(17-5-3-2-4-6-17)21-23(32)19-13-18(28)11-12-20(19)34-24(21)25(31)33/h2-13,22H,14H2,1H3. The first-order valence-electron chi connectivity index (χ1n) is 11.2. The minimum absolute atomic E-state index is 0.0210. The Morgan fingerprint density at radius 2 is 1.81 bits per heavy atom. The Labute approximate surface area is 219 Å². The summed E-state index contributed by atoms with van der Waals surface area (Å²) in [5, 5.41) is 9.82. The molecule has 2 aromatic heterocycles. The van der Waals surface area contributed by atoms with E-state index in [0.717, 1.165) is 15.7 Å². The third kappa shape index (κ3) is 4.01. The molecule has 6 nitrogen and oxygen atoms in total. The van der Waals surface area contributed by atoms with Gasteiger partial charge in [-0.2, -0.15) is 0 Å². The van der Waals surface area contributed by atoms with Gasteiger partial charge in [0, 0.05) is 10.8 Å². The summed E-state index contributed by atoms with van der Waals surface area (Å²) in [6.07, 6.45) is 0. The van der Waals surface area contributed by atoms with Gasteiger partial charge in [-0.15, -0.1) is 10.2 Å². The predicted octanol–water partition coefficient (Wildman–Crippen LogP) is 6.65. The number of aromatic nitrogens is 2. The molecule has 1 atom stereocenters. The number of carbonyl (C=O) groups excluding carboxylic acids is 1. The first-order chi connectivity index (χ1) is 17.5. The van der Waals surface area contributed by atoms with Crippen molar-refractivity contribution >= 4 is 56.7 Å². The fourth-order valence-electron chi connectivity index (χ4n) is 4.28. The average Bonchev–Trinajstić information content (AvgIpc) is 3.47. The first kappa shape index (κ1) is 23.0. The van der Waals surface area contributed by atoms with E-state index in [1.54, 1.807) is 30.0 Å². The summed E-state index contributed by atoms with van der Waals surface area (Å²) in [7, 11) is 0. The summed E-state index contributed by atoms with van der Waals surface area (Å²) in [6, 6.07) is 21.9. The van der Waals surface area contributed by atoms with Crippen molar-refractivity contribution in [3.8, 4) is 0 Å². The van der Waals surface area contributed by atoms with Crippen molar-refractivity contribution in [1.82, 2.24) is 10.2 Å². The van der Waals surface area contributed by atoms with Gasteiger partial charge in [0.15, 0.2) is 9.77 Å². The van der Waals surface area contributed by atoms with Gasteiger partial charge in [-0.3, -0.25) is 14.5 Å². The lowest BCUT2D eigenvalue weighted by Gasteiger charge is -2.21. The van der Waals surface area contributed by atoms with E-state index in [2.05, 4.69) is 41.4 Å². The van der Waals surface area contributed by atoms with Gasteiger partial charge in [-0.05, 0) is 36.2 Å². The number of hydrogen-bond acceptors (Lipinski definition) is 7. The smallest absolute Gasteiger partial charge is 0.297 e. The maximum atomic E-state index is 13.7. The van der Waals surface area contributed by atoms with Gasteiger partial charge in [-0.25, -0.2) is 0 Å². The van der Waals surface area contributed by atoms with E-state index < -0.39 is 11.9 Å². The molecule has 1 amide bonds. The van der Waals surface area contributed by atoms with Crippen LogP contribution in [0.4, 0.5) is 5.13 Å². The molecule has 1 aliphatic rings. The Kier molecular flexibility index (Phi) is 5.87. The fourth-order valence-corrected chi connectivity index (χ4v) is 6.28. The van der Waals surface area contributed by atoms with E-state index in [-0.39, 0.29) is 16.8 Å². The van der Waals surface area contributed by atoms with Crippen LogP contribution in [0, 0.1) is 6.92 Å². The zero-order valence-corrected chi connectivity index (χ0v) is 21.4. The lowest BCUT2D eigenvalue weighted by Crippen LogP contribution is -2.29. The number of nitrogens with zero attached hydrogens (tertiary/aromatic N) is 3. The van der Waals surface area contributed by atoms with Gasteiger partial charge in [-0.1, -0.05) is 94.9 Å². The zero-order chi connectivity index (χ0) is 24.8. The minimum atomic E-state index is -0.684. The summed E-state index contributed by atoms with van der Waals surface area (Å²) >= 11 is 9.03. The van der Waals surface area contributed by atoms with Gasteiger partial charge >= 0.3 is 0 Å². The second kappa shape index (κ2) is 9.20. The molecule has 0 aliphatic carbocycles. The second-order valence-electron chi connectivity index (χ2n) is 8.43. The number of aryl methyl sites for hydroxylation is 1. The second-order valence-corrected chi connectivity index (χ2v) is 11.0. The summed E-state index contributed by atoms with van der Waals surface area (Å²) in [5.41, 5.74) is 3.48. The normalized spacial score (nSPS) is 15.0. The highest BCUT2D eigenvalue weighted by Crippen LogP contribution is 2.43. The van der Waals surface area contributed by atoms with Crippen molar-refractivity contribution < 1.29 is 9.21 Å². The van der Waals surface area contributed by atoms with Crippen molar-refractivity contribution in [1.29, 1.82) is 0 Å². The van der Waals surface area contributed by atoms with Crippen molar-refractivity contribution in [2.24, 2.45) is 0 Å². The van der Waals surface area contributed by atoms with Crippen LogP contribution in [0.25, 0.3) is 11.0 Å². The third-order valence-electron chi connectivity index (χ3n) is 6.03. The van der Waals surface area contributed by atoms with Crippen molar-refractivity contribution in [3.63, 3.8) is 0 Å². The third-order valence-corrected chi connectivity index (χ3v) is 8.39. The van der Waals surface area contributed by atoms with Crippen molar-refractivity contribution in [3.05, 3.63) is 116 Å². The van der Waals surface area contributed by atoms with Gasteiger partial charge in [0.2, 0.25) is 10.9 Å². The molecule has 0 N–H and O–H groups in total. The van der Waals surface area contributed by atoms with Gasteiger partial charge < -0.3 is 4.42 Å². The first-order valence-corrected chi connectivity index (χ1v) is 13.3. The highest BCUT2D eigenvalue weighted by Gasteiger charge is 2.45. The molecule has 6 rings (SSSR count). The largest absolute Gasteiger partial charge is 0.450 e. The quantitative estimate of drug-likeness (QED) is 0.187. The molecule has 1 aliphatic heterocycles. The van der Waals surface area contributed by atoms with Gasteiger partial charge in [0.25, 0.3) is 5.91 Å². The molecule has 1 unspecified atom stereocenters. The average molecular weight is 532 g/mol. The highest BCUT2D eigenvalue weighted by atomic mass is 35.5. The molecule has 3 aromatic carbocycles. The van der Waals surface area contributed by atoms with Crippen LogP contribution in [0.3, 0.4) is 0 Å². The van der Waals surface area contributed by atoms with Crippen LogP contribution in [-0.4, -0.2) is 16.1 Å². The number of benzene rings is 3. The summed E-state index contributed by atoms with van der Waals surface area (Å²) in [6.45, 7) is 2.05. The molecule has 5 aromatic rings. The van der Waals surface area contributed by atoms with Crippen LogP contribution in [0.1, 0.15) is 38.9 Å². The zero-order valence-electron chi connectivity index (χ0n) is 19.0. The van der Waals surface area contributed by atoms with Crippen LogP contribution >= 0.6 is 34.7 Å². The molecule has 0 saturated carbocycles.